The Morgan fingerprint density at radius 2 is 1.86 bits per heavy atom. The zero-order valence-electron chi connectivity index (χ0n) is 15.5. The molecule has 1 aromatic heterocycles. The summed E-state index contributed by atoms with van der Waals surface area (Å²) in [7, 11) is -0.921. The minimum absolute atomic E-state index is 0.0411. The third-order valence-electron chi connectivity index (χ3n) is 3.87. The molecule has 0 spiro atoms. The molecule has 0 saturated heterocycles. The largest absolute Gasteiger partial charge is 0.493 e. The number of nitrogens with zero attached hydrogens (tertiary/aromatic N) is 1. The van der Waals surface area contributed by atoms with Crippen LogP contribution in [0.2, 0.25) is 0 Å². The fourth-order valence-electron chi connectivity index (χ4n) is 2.45. The quantitative estimate of drug-likeness (QED) is 0.605. The van der Waals surface area contributed by atoms with E-state index in [1.54, 1.807) is 25.1 Å². The molecule has 1 amide bonds. The average Bonchev–Trinajstić information content (AvgIpc) is 3.08. The van der Waals surface area contributed by atoms with Gasteiger partial charge in [-0.2, -0.15) is 0 Å². The van der Waals surface area contributed by atoms with Gasteiger partial charge in [-0.05, 0) is 30.3 Å². The van der Waals surface area contributed by atoms with Crippen LogP contribution in [0.15, 0.2) is 41.3 Å². The predicted molar refractivity (Wildman–Crippen MR) is 109 cm³/mol. The molecule has 0 unspecified atom stereocenters. The molecule has 28 heavy (non-hydrogen) atoms. The number of anilines is 2. The Labute approximate surface area is 166 Å². The monoisotopic (exact) mass is 421 g/mol. The molecule has 0 fully saturated rings. The van der Waals surface area contributed by atoms with Gasteiger partial charge in [-0.15, -0.1) is 0 Å². The number of carbonyl (C=O) groups excluding carboxylic acids is 1. The van der Waals surface area contributed by atoms with Crippen LogP contribution in [-0.4, -0.2) is 33.5 Å². The number of rotatable bonds is 7. The number of aromatic nitrogens is 1. The number of benzene rings is 2. The number of methoxy groups -OCH3 is 2. The van der Waals surface area contributed by atoms with Gasteiger partial charge < -0.3 is 14.8 Å². The van der Waals surface area contributed by atoms with Crippen molar-refractivity contribution in [3.05, 3.63) is 36.4 Å². The lowest BCUT2D eigenvalue weighted by atomic mass is 10.3. The molecule has 1 heterocycles. The minimum atomic E-state index is -3.84. The molecule has 3 aromatic rings. The fraction of sp³-hybridized carbons (Fsp3) is 0.222. The van der Waals surface area contributed by atoms with Crippen molar-refractivity contribution < 1.29 is 22.7 Å². The number of amides is 1. The van der Waals surface area contributed by atoms with Crippen molar-refractivity contribution in [2.45, 2.75) is 18.2 Å². The van der Waals surface area contributed by atoms with Crippen LogP contribution in [0, 0.1) is 0 Å². The van der Waals surface area contributed by atoms with Gasteiger partial charge in [0.15, 0.2) is 16.6 Å². The van der Waals surface area contributed by atoms with E-state index in [0.29, 0.717) is 34.3 Å². The van der Waals surface area contributed by atoms with Crippen molar-refractivity contribution in [2.24, 2.45) is 0 Å². The van der Waals surface area contributed by atoms with Crippen LogP contribution in [0.1, 0.15) is 13.3 Å². The van der Waals surface area contributed by atoms with Crippen LogP contribution in [0.5, 0.6) is 11.5 Å². The molecule has 0 aliphatic rings. The number of thiazole rings is 1. The maximum absolute atomic E-state index is 12.7. The van der Waals surface area contributed by atoms with Gasteiger partial charge in [-0.1, -0.05) is 18.3 Å². The van der Waals surface area contributed by atoms with Gasteiger partial charge in [0.1, 0.15) is 0 Å². The SMILES string of the molecule is CCC(=O)Nc1nc2cc(NS(=O)(=O)c3ccc(OC)c(OC)c3)ccc2s1. The predicted octanol–water partition coefficient (Wildman–Crippen LogP) is 3.46. The summed E-state index contributed by atoms with van der Waals surface area (Å²) in [5.74, 6) is 0.622. The summed E-state index contributed by atoms with van der Waals surface area (Å²) in [6.07, 6.45) is 0.353. The highest BCUT2D eigenvalue weighted by molar-refractivity contribution is 7.92. The van der Waals surface area contributed by atoms with Gasteiger partial charge in [-0.3, -0.25) is 9.52 Å². The van der Waals surface area contributed by atoms with Gasteiger partial charge in [0.25, 0.3) is 10.0 Å². The number of carbonyl (C=O) groups is 1. The molecule has 0 aliphatic heterocycles. The first-order valence-electron chi connectivity index (χ1n) is 8.31. The number of sulfonamides is 1. The maximum Gasteiger partial charge on any atom is 0.262 e. The Hall–Kier alpha value is -2.85. The minimum Gasteiger partial charge on any atom is -0.493 e. The van der Waals surface area contributed by atoms with Gasteiger partial charge >= 0.3 is 0 Å². The van der Waals surface area contributed by atoms with Crippen LogP contribution in [0.3, 0.4) is 0 Å². The van der Waals surface area contributed by atoms with Crippen molar-refractivity contribution in [3.8, 4) is 11.5 Å². The molecule has 148 valence electrons. The molecule has 2 N–H and O–H groups in total. The second-order valence-corrected chi connectivity index (χ2v) is 8.44. The topological polar surface area (TPSA) is 107 Å². The van der Waals surface area contributed by atoms with Gasteiger partial charge in [0.2, 0.25) is 5.91 Å². The van der Waals surface area contributed by atoms with Gasteiger partial charge in [-0.25, -0.2) is 13.4 Å². The molecule has 0 radical (unpaired) electrons. The molecule has 10 heteroatoms. The molecule has 2 aromatic carbocycles. The summed E-state index contributed by atoms with van der Waals surface area (Å²) >= 11 is 1.32. The average molecular weight is 422 g/mol. The van der Waals surface area contributed by atoms with E-state index in [4.69, 9.17) is 9.47 Å². The van der Waals surface area contributed by atoms with Crippen molar-refractivity contribution in [1.82, 2.24) is 4.98 Å². The van der Waals surface area contributed by atoms with Crippen LogP contribution >= 0.6 is 11.3 Å². The summed E-state index contributed by atoms with van der Waals surface area (Å²) in [5.41, 5.74) is 0.949. The molecular weight excluding hydrogens is 402 g/mol. The number of ether oxygens (including phenoxy) is 2. The lowest BCUT2D eigenvalue weighted by molar-refractivity contribution is -0.115. The smallest absolute Gasteiger partial charge is 0.262 e. The molecule has 0 saturated carbocycles. The van der Waals surface area contributed by atoms with Crippen LogP contribution < -0.4 is 19.5 Å². The van der Waals surface area contributed by atoms with Crippen molar-refractivity contribution >= 4 is 48.3 Å². The highest BCUT2D eigenvalue weighted by Gasteiger charge is 2.18. The molecule has 0 atom stereocenters. The van der Waals surface area contributed by atoms with E-state index >= 15 is 0 Å². The summed E-state index contributed by atoms with van der Waals surface area (Å²) in [6, 6.07) is 9.36. The van der Waals surface area contributed by atoms with E-state index in [9.17, 15) is 13.2 Å². The highest BCUT2D eigenvalue weighted by Crippen LogP contribution is 2.32. The summed E-state index contributed by atoms with van der Waals surface area (Å²) in [6.45, 7) is 1.75. The summed E-state index contributed by atoms with van der Waals surface area (Å²) in [4.78, 5) is 15.9. The Bertz CT molecular complexity index is 1130. The highest BCUT2D eigenvalue weighted by atomic mass is 32.2. The number of hydrogen-bond donors (Lipinski definition) is 2. The van der Waals surface area contributed by atoms with Gasteiger partial charge in [0.05, 0.1) is 35.0 Å². The third kappa shape index (κ3) is 4.18. The second-order valence-electron chi connectivity index (χ2n) is 5.73. The number of nitrogens with one attached hydrogen (secondary N) is 2. The Kier molecular flexibility index (Phi) is 5.71. The van der Waals surface area contributed by atoms with E-state index in [0.717, 1.165) is 4.70 Å². The summed E-state index contributed by atoms with van der Waals surface area (Å²) in [5, 5.41) is 3.18. The molecular formula is C18H19N3O5S2. The van der Waals surface area contributed by atoms with Gasteiger partial charge in [0, 0.05) is 12.5 Å². The van der Waals surface area contributed by atoms with E-state index in [-0.39, 0.29) is 10.8 Å². The number of hydrogen-bond acceptors (Lipinski definition) is 7. The zero-order chi connectivity index (χ0) is 20.3. The first-order valence-corrected chi connectivity index (χ1v) is 10.6. The fourth-order valence-corrected chi connectivity index (χ4v) is 4.38. The Balaban J connectivity index is 1.87. The third-order valence-corrected chi connectivity index (χ3v) is 6.20. The van der Waals surface area contributed by atoms with Crippen LogP contribution in [-0.2, 0) is 14.8 Å². The standard InChI is InChI=1S/C18H19N3O5S2/c1-4-17(22)20-18-19-13-9-11(5-8-16(13)27-18)21-28(23,24)12-6-7-14(25-2)15(10-12)26-3/h5-10,21H,4H2,1-3H3,(H,19,20,22). The molecule has 3 rings (SSSR count). The number of fused-ring (bicyclic) bond motifs is 1. The van der Waals surface area contributed by atoms with Crippen molar-refractivity contribution in [1.29, 1.82) is 0 Å². The van der Waals surface area contributed by atoms with Crippen molar-refractivity contribution in [2.75, 3.05) is 24.3 Å². The first kappa shape index (κ1) is 19.9. The van der Waals surface area contributed by atoms with E-state index in [1.165, 1.54) is 43.8 Å². The van der Waals surface area contributed by atoms with E-state index in [2.05, 4.69) is 15.0 Å². The Morgan fingerprint density at radius 1 is 1.11 bits per heavy atom. The molecule has 0 bridgehead atoms. The van der Waals surface area contributed by atoms with Crippen LogP contribution in [0.25, 0.3) is 10.2 Å². The van der Waals surface area contributed by atoms with Crippen molar-refractivity contribution in [3.63, 3.8) is 0 Å². The Morgan fingerprint density at radius 3 is 2.54 bits per heavy atom. The van der Waals surface area contributed by atoms with E-state index < -0.39 is 10.0 Å². The maximum atomic E-state index is 12.7. The molecule has 0 aliphatic carbocycles. The second kappa shape index (κ2) is 8.03. The zero-order valence-corrected chi connectivity index (χ0v) is 17.1. The normalized spacial score (nSPS) is 11.2. The lowest BCUT2D eigenvalue weighted by Crippen LogP contribution is -2.13. The van der Waals surface area contributed by atoms with E-state index in [1.807, 2.05) is 0 Å². The lowest BCUT2D eigenvalue weighted by Gasteiger charge is -2.11. The van der Waals surface area contributed by atoms with Crippen LogP contribution in [0.4, 0.5) is 10.8 Å². The first-order chi connectivity index (χ1) is 13.4. The summed E-state index contributed by atoms with van der Waals surface area (Å²) < 4.78 is 39.1. The molecule has 8 nitrogen and oxygen atoms in total.